The highest BCUT2D eigenvalue weighted by molar-refractivity contribution is 7.98. The normalized spacial score (nSPS) is 11.2. The fraction of sp³-hybridized carbons (Fsp3) is 0.105. The van der Waals surface area contributed by atoms with Crippen molar-refractivity contribution in [1.29, 1.82) is 0 Å². The monoisotopic (exact) mass is 382 g/mol. The van der Waals surface area contributed by atoms with E-state index in [0.29, 0.717) is 27.0 Å². The number of nitrogens with zero attached hydrogens (tertiary/aromatic N) is 3. The van der Waals surface area contributed by atoms with Crippen molar-refractivity contribution in [2.24, 2.45) is 0 Å². The molecule has 0 radical (unpaired) electrons. The van der Waals surface area contributed by atoms with Gasteiger partial charge in [0.2, 0.25) is 0 Å². The summed E-state index contributed by atoms with van der Waals surface area (Å²) in [6.45, 7) is 2.01. The van der Waals surface area contributed by atoms with E-state index < -0.39 is 0 Å². The average Bonchev–Trinajstić information content (AvgIpc) is 3.11. The first-order valence-corrected chi connectivity index (χ1v) is 9.39. The maximum absolute atomic E-state index is 13.0. The summed E-state index contributed by atoms with van der Waals surface area (Å²) in [5.41, 5.74) is 3.24. The molecule has 7 heteroatoms. The number of benzene rings is 2. The Morgan fingerprint density at radius 3 is 2.69 bits per heavy atom. The van der Waals surface area contributed by atoms with Gasteiger partial charge in [0.1, 0.15) is 5.39 Å². The molecule has 0 unspecified atom stereocenters. The molecule has 4 rings (SSSR count). The summed E-state index contributed by atoms with van der Waals surface area (Å²) in [6.07, 6.45) is 1.51. The van der Waals surface area contributed by atoms with Crippen LogP contribution in [0.4, 0.5) is 0 Å². The van der Waals surface area contributed by atoms with Crippen molar-refractivity contribution < 1.29 is 0 Å². The number of hydrogen-bond acceptors (Lipinski definition) is 4. The van der Waals surface area contributed by atoms with E-state index in [1.54, 1.807) is 4.57 Å². The Labute approximate surface area is 159 Å². The van der Waals surface area contributed by atoms with Crippen molar-refractivity contribution >= 4 is 34.4 Å². The first-order valence-electron chi connectivity index (χ1n) is 8.03. The molecule has 26 heavy (non-hydrogen) atoms. The third-order valence-electron chi connectivity index (χ3n) is 4.06. The zero-order valence-electron chi connectivity index (χ0n) is 13.9. The van der Waals surface area contributed by atoms with Crippen LogP contribution >= 0.6 is 23.4 Å². The summed E-state index contributed by atoms with van der Waals surface area (Å²) in [5.74, 6) is 0.609. The molecule has 130 valence electrons. The lowest BCUT2D eigenvalue weighted by Gasteiger charge is -2.12. The van der Waals surface area contributed by atoms with Crippen molar-refractivity contribution in [1.82, 2.24) is 19.7 Å². The van der Waals surface area contributed by atoms with Crippen LogP contribution < -0.4 is 5.56 Å². The molecule has 0 atom stereocenters. The van der Waals surface area contributed by atoms with Crippen molar-refractivity contribution in [3.8, 4) is 5.69 Å². The summed E-state index contributed by atoms with van der Waals surface area (Å²) in [4.78, 5) is 17.6. The van der Waals surface area contributed by atoms with Crippen molar-refractivity contribution in [2.75, 3.05) is 0 Å². The zero-order valence-corrected chi connectivity index (χ0v) is 15.5. The van der Waals surface area contributed by atoms with Crippen molar-refractivity contribution in [3.05, 3.63) is 81.2 Å². The van der Waals surface area contributed by atoms with E-state index in [9.17, 15) is 4.79 Å². The Morgan fingerprint density at radius 2 is 1.92 bits per heavy atom. The van der Waals surface area contributed by atoms with Crippen molar-refractivity contribution in [3.63, 3.8) is 0 Å². The van der Waals surface area contributed by atoms with Gasteiger partial charge in [-0.05, 0) is 30.7 Å². The minimum atomic E-state index is -0.144. The largest absolute Gasteiger partial charge is 0.269 e. The SMILES string of the molecule is Cc1ccc(-n2c(SCc3ccccc3Cl)nc3[nH]ncc3c2=O)cc1. The van der Waals surface area contributed by atoms with Crippen LogP contribution in [0.15, 0.2) is 64.7 Å². The van der Waals surface area contributed by atoms with E-state index in [4.69, 9.17) is 11.6 Å². The van der Waals surface area contributed by atoms with Gasteiger partial charge in [-0.2, -0.15) is 5.10 Å². The lowest BCUT2D eigenvalue weighted by atomic mass is 10.2. The van der Waals surface area contributed by atoms with Crippen LogP contribution in [0, 0.1) is 6.92 Å². The van der Waals surface area contributed by atoms with E-state index >= 15 is 0 Å². The molecular weight excluding hydrogens is 368 g/mol. The molecule has 2 heterocycles. The summed E-state index contributed by atoms with van der Waals surface area (Å²) in [7, 11) is 0. The van der Waals surface area contributed by atoms with Crippen LogP contribution in [0.1, 0.15) is 11.1 Å². The third kappa shape index (κ3) is 3.13. The Hall–Kier alpha value is -2.57. The fourth-order valence-electron chi connectivity index (χ4n) is 2.65. The molecule has 1 N–H and O–H groups in total. The van der Waals surface area contributed by atoms with Gasteiger partial charge in [0.25, 0.3) is 5.56 Å². The second-order valence-electron chi connectivity index (χ2n) is 5.88. The van der Waals surface area contributed by atoms with Crippen LogP contribution in [-0.2, 0) is 5.75 Å². The maximum atomic E-state index is 13.0. The minimum Gasteiger partial charge on any atom is -0.268 e. The van der Waals surface area contributed by atoms with E-state index in [0.717, 1.165) is 16.8 Å². The molecule has 0 fully saturated rings. The lowest BCUT2D eigenvalue weighted by Crippen LogP contribution is -2.21. The number of aryl methyl sites for hydroxylation is 1. The van der Waals surface area contributed by atoms with E-state index in [-0.39, 0.29) is 5.56 Å². The van der Waals surface area contributed by atoms with Crippen LogP contribution in [0.3, 0.4) is 0 Å². The molecule has 5 nitrogen and oxygen atoms in total. The number of thioether (sulfide) groups is 1. The number of H-pyrrole nitrogens is 1. The van der Waals surface area contributed by atoms with Gasteiger partial charge in [0, 0.05) is 10.8 Å². The minimum absolute atomic E-state index is 0.144. The Kier molecular flexibility index (Phi) is 4.53. The van der Waals surface area contributed by atoms with Crippen LogP contribution in [0.25, 0.3) is 16.7 Å². The summed E-state index contributed by atoms with van der Waals surface area (Å²) in [5, 5.41) is 8.50. The highest BCUT2D eigenvalue weighted by Gasteiger charge is 2.15. The molecule has 0 amide bonds. The standard InChI is InChI=1S/C19H15ClN4OS/c1-12-6-8-14(9-7-12)24-18(25)15-10-21-23-17(15)22-19(24)26-11-13-4-2-3-5-16(13)20/h2-10H,11H2,1H3,(H,21,23). The van der Waals surface area contributed by atoms with Gasteiger partial charge >= 0.3 is 0 Å². The number of aromatic amines is 1. The van der Waals surface area contributed by atoms with E-state index in [1.165, 1.54) is 18.0 Å². The maximum Gasteiger partial charge on any atom is 0.269 e. The quantitative estimate of drug-likeness (QED) is 0.420. The predicted molar refractivity (Wildman–Crippen MR) is 105 cm³/mol. The van der Waals surface area contributed by atoms with Gasteiger partial charge in [-0.15, -0.1) is 0 Å². The molecule has 2 aromatic heterocycles. The average molecular weight is 383 g/mol. The molecule has 0 aliphatic rings. The van der Waals surface area contributed by atoms with Crippen LogP contribution in [0.2, 0.25) is 5.02 Å². The van der Waals surface area contributed by atoms with Gasteiger partial charge in [-0.25, -0.2) is 4.98 Å². The fourth-order valence-corrected chi connectivity index (χ4v) is 3.94. The number of nitrogens with one attached hydrogen (secondary N) is 1. The first kappa shape index (κ1) is 16.9. The molecule has 0 bridgehead atoms. The zero-order chi connectivity index (χ0) is 18.1. The predicted octanol–water partition coefficient (Wildman–Crippen LogP) is 4.36. The van der Waals surface area contributed by atoms with E-state index in [1.807, 2.05) is 55.5 Å². The summed E-state index contributed by atoms with van der Waals surface area (Å²) < 4.78 is 1.62. The lowest BCUT2D eigenvalue weighted by molar-refractivity contribution is 0.815. The highest BCUT2D eigenvalue weighted by Crippen LogP contribution is 2.27. The van der Waals surface area contributed by atoms with Gasteiger partial charge in [-0.1, -0.05) is 59.3 Å². The van der Waals surface area contributed by atoms with Gasteiger partial charge < -0.3 is 0 Å². The number of halogens is 1. The Bertz CT molecular complexity index is 1130. The number of aromatic nitrogens is 4. The number of hydrogen-bond donors (Lipinski definition) is 1. The number of rotatable bonds is 4. The van der Waals surface area contributed by atoms with Gasteiger partial charge in [-0.3, -0.25) is 14.5 Å². The third-order valence-corrected chi connectivity index (χ3v) is 5.41. The van der Waals surface area contributed by atoms with E-state index in [2.05, 4.69) is 15.2 Å². The molecule has 0 saturated heterocycles. The summed E-state index contributed by atoms with van der Waals surface area (Å²) in [6, 6.07) is 15.5. The van der Waals surface area contributed by atoms with Crippen LogP contribution in [-0.4, -0.2) is 19.7 Å². The van der Waals surface area contributed by atoms with Gasteiger partial charge in [0.05, 0.1) is 11.9 Å². The van der Waals surface area contributed by atoms with Crippen molar-refractivity contribution in [2.45, 2.75) is 17.8 Å². The first-order chi connectivity index (χ1) is 12.6. The molecule has 0 aliphatic carbocycles. The Morgan fingerprint density at radius 1 is 1.15 bits per heavy atom. The number of fused-ring (bicyclic) bond motifs is 1. The second kappa shape index (κ2) is 6.97. The molecule has 0 spiro atoms. The Balaban J connectivity index is 1.82. The topological polar surface area (TPSA) is 63.6 Å². The molecule has 0 saturated carbocycles. The highest BCUT2D eigenvalue weighted by atomic mass is 35.5. The van der Waals surface area contributed by atoms with Crippen LogP contribution in [0.5, 0.6) is 0 Å². The molecule has 2 aromatic carbocycles. The second-order valence-corrected chi connectivity index (χ2v) is 7.23. The molecule has 4 aromatic rings. The van der Waals surface area contributed by atoms with Gasteiger partial charge in [0.15, 0.2) is 10.8 Å². The molecular formula is C19H15ClN4OS. The smallest absolute Gasteiger partial charge is 0.268 e. The summed E-state index contributed by atoms with van der Waals surface area (Å²) >= 11 is 7.72. The molecule has 0 aliphatic heterocycles.